The fourth-order valence-corrected chi connectivity index (χ4v) is 3.13. The van der Waals surface area contributed by atoms with Crippen LogP contribution in [0.2, 0.25) is 5.02 Å². The number of nitrogen functional groups attached to an aromatic ring is 1. The van der Waals surface area contributed by atoms with E-state index in [1.165, 1.54) is 6.07 Å². The Kier molecular flexibility index (Phi) is 3.15. The zero-order chi connectivity index (χ0) is 15.2. The van der Waals surface area contributed by atoms with Crippen molar-refractivity contribution in [2.75, 3.05) is 12.0 Å². The number of halogens is 1. The highest BCUT2D eigenvalue weighted by atomic mass is 35.5. The van der Waals surface area contributed by atoms with Crippen molar-refractivity contribution in [2.45, 2.75) is 4.90 Å². The van der Waals surface area contributed by atoms with E-state index in [2.05, 4.69) is 9.97 Å². The lowest BCUT2D eigenvalue weighted by Crippen LogP contribution is -1.97. The van der Waals surface area contributed by atoms with Crippen LogP contribution in [0.5, 0.6) is 0 Å². The zero-order valence-electron chi connectivity index (χ0n) is 11.1. The Balaban J connectivity index is 2.24. The minimum atomic E-state index is -3.34. The van der Waals surface area contributed by atoms with E-state index < -0.39 is 9.84 Å². The van der Waals surface area contributed by atoms with Crippen LogP contribution in [0.15, 0.2) is 41.3 Å². The number of sulfone groups is 1. The normalized spacial score (nSPS) is 11.9. The molecule has 0 aliphatic heterocycles. The van der Waals surface area contributed by atoms with Crippen LogP contribution in [0.25, 0.3) is 22.4 Å². The maximum absolute atomic E-state index is 11.8. The van der Waals surface area contributed by atoms with Crippen LogP contribution in [0.3, 0.4) is 0 Å². The molecule has 108 valence electrons. The van der Waals surface area contributed by atoms with E-state index in [1.807, 2.05) is 0 Å². The molecule has 2 aromatic carbocycles. The molecule has 0 atom stereocenters. The minimum Gasteiger partial charge on any atom is -0.398 e. The molecule has 0 bridgehead atoms. The lowest BCUT2D eigenvalue weighted by Gasteiger charge is -2.00. The van der Waals surface area contributed by atoms with Crippen LogP contribution in [0.4, 0.5) is 5.69 Å². The number of hydrogen-bond donors (Lipinski definition) is 2. The van der Waals surface area contributed by atoms with Gasteiger partial charge in [-0.2, -0.15) is 0 Å². The summed E-state index contributed by atoms with van der Waals surface area (Å²) in [4.78, 5) is 7.68. The summed E-state index contributed by atoms with van der Waals surface area (Å²) >= 11 is 6.00. The van der Waals surface area contributed by atoms with Gasteiger partial charge in [-0.1, -0.05) is 17.7 Å². The Bertz CT molecular complexity index is 948. The predicted molar refractivity (Wildman–Crippen MR) is 84.1 cm³/mol. The smallest absolute Gasteiger partial charge is 0.177 e. The minimum absolute atomic E-state index is 0.198. The first-order valence-corrected chi connectivity index (χ1v) is 8.37. The summed E-state index contributed by atoms with van der Waals surface area (Å²) in [5.74, 6) is 0.544. The molecular weight excluding hydrogens is 310 g/mol. The third kappa shape index (κ3) is 2.48. The van der Waals surface area contributed by atoms with Crippen molar-refractivity contribution in [3.63, 3.8) is 0 Å². The number of rotatable bonds is 2. The van der Waals surface area contributed by atoms with Crippen LogP contribution in [-0.2, 0) is 9.84 Å². The summed E-state index contributed by atoms with van der Waals surface area (Å²) in [6, 6.07) is 10.1. The second kappa shape index (κ2) is 4.75. The highest BCUT2D eigenvalue weighted by Crippen LogP contribution is 2.28. The summed E-state index contributed by atoms with van der Waals surface area (Å²) in [6.07, 6.45) is 1.16. The summed E-state index contributed by atoms with van der Waals surface area (Å²) in [6.45, 7) is 0. The number of aromatic amines is 1. The molecule has 7 heteroatoms. The number of benzene rings is 2. The number of imidazole rings is 1. The molecule has 3 aromatic rings. The monoisotopic (exact) mass is 321 g/mol. The largest absolute Gasteiger partial charge is 0.398 e. The average molecular weight is 322 g/mol. The van der Waals surface area contributed by atoms with Gasteiger partial charge in [0.1, 0.15) is 11.3 Å². The van der Waals surface area contributed by atoms with E-state index in [0.29, 0.717) is 27.6 Å². The van der Waals surface area contributed by atoms with Crippen molar-refractivity contribution in [3.05, 3.63) is 41.4 Å². The molecule has 0 aliphatic rings. The maximum Gasteiger partial charge on any atom is 0.177 e. The molecule has 1 heterocycles. The standard InChI is InChI=1S/C14H12ClN3O2S/c1-21(19,20)12-4-2-3-11-13(12)18-14(17-11)8-5-6-10(16)9(15)7-8/h2-7H,16H2,1H3,(H,17,18). The predicted octanol–water partition coefficient (Wildman–Crippen LogP) is 2.87. The number of nitrogens with two attached hydrogens (primary N) is 1. The third-order valence-electron chi connectivity index (χ3n) is 3.15. The molecule has 0 unspecified atom stereocenters. The van der Waals surface area contributed by atoms with Crippen LogP contribution >= 0.6 is 11.6 Å². The van der Waals surface area contributed by atoms with Gasteiger partial charge in [0.15, 0.2) is 9.84 Å². The molecule has 0 radical (unpaired) electrons. The number of anilines is 1. The first kappa shape index (κ1) is 13.9. The summed E-state index contributed by atoms with van der Waals surface area (Å²) in [5.41, 5.74) is 7.97. The van der Waals surface area contributed by atoms with Gasteiger partial charge in [0, 0.05) is 11.8 Å². The number of H-pyrrole nitrogens is 1. The molecular formula is C14H12ClN3O2S. The molecule has 3 rings (SSSR count). The van der Waals surface area contributed by atoms with Crippen molar-refractivity contribution in [1.29, 1.82) is 0 Å². The Morgan fingerprint density at radius 2 is 2.00 bits per heavy atom. The highest BCUT2D eigenvalue weighted by molar-refractivity contribution is 7.91. The molecule has 0 saturated heterocycles. The first-order valence-electron chi connectivity index (χ1n) is 6.10. The second-order valence-electron chi connectivity index (χ2n) is 4.75. The van der Waals surface area contributed by atoms with Gasteiger partial charge >= 0.3 is 0 Å². The lowest BCUT2D eigenvalue weighted by molar-refractivity contribution is 0.602. The Morgan fingerprint density at radius 1 is 1.24 bits per heavy atom. The van der Waals surface area contributed by atoms with Crippen molar-refractivity contribution in [1.82, 2.24) is 9.97 Å². The van der Waals surface area contributed by atoms with E-state index in [-0.39, 0.29) is 4.90 Å². The number of aromatic nitrogens is 2. The number of hydrogen-bond acceptors (Lipinski definition) is 4. The highest BCUT2D eigenvalue weighted by Gasteiger charge is 2.16. The van der Waals surface area contributed by atoms with Gasteiger partial charge < -0.3 is 10.7 Å². The number of nitrogens with one attached hydrogen (secondary N) is 1. The van der Waals surface area contributed by atoms with Gasteiger partial charge in [-0.05, 0) is 30.3 Å². The Labute approximate surface area is 126 Å². The fraction of sp³-hybridized carbons (Fsp3) is 0.0714. The average Bonchev–Trinajstić information content (AvgIpc) is 2.84. The van der Waals surface area contributed by atoms with E-state index in [4.69, 9.17) is 17.3 Å². The second-order valence-corrected chi connectivity index (χ2v) is 7.14. The van der Waals surface area contributed by atoms with Crippen molar-refractivity contribution < 1.29 is 8.42 Å². The fourth-order valence-electron chi connectivity index (χ4n) is 2.12. The van der Waals surface area contributed by atoms with Gasteiger partial charge in [0.25, 0.3) is 0 Å². The van der Waals surface area contributed by atoms with Crippen LogP contribution < -0.4 is 5.73 Å². The summed E-state index contributed by atoms with van der Waals surface area (Å²) in [7, 11) is -3.34. The number of para-hydroxylation sites is 1. The van der Waals surface area contributed by atoms with Gasteiger partial charge in [0.2, 0.25) is 0 Å². The number of fused-ring (bicyclic) bond motifs is 1. The van der Waals surface area contributed by atoms with Crippen LogP contribution in [0.1, 0.15) is 0 Å². The summed E-state index contributed by atoms with van der Waals surface area (Å²) in [5, 5.41) is 0.427. The van der Waals surface area contributed by atoms with Crippen LogP contribution in [-0.4, -0.2) is 24.6 Å². The topological polar surface area (TPSA) is 88.8 Å². The first-order chi connectivity index (χ1) is 9.86. The molecule has 3 N–H and O–H groups in total. The SMILES string of the molecule is CS(=O)(=O)c1cccc2[nH]c(-c3ccc(N)c(Cl)c3)nc12. The zero-order valence-corrected chi connectivity index (χ0v) is 12.7. The molecule has 0 fully saturated rings. The van der Waals surface area contributed by atoms with Gasteiger partial charge in [0.05, 0.1) is 21.1 Å². The van der Waals surface area contributed by atoms with Gasteiger partial charge in [-0.25, -0.2) is 13.4 Å². The number of nitrogens with zero attached hydrogens (tertiary/aromatic N) is 1. The lowest BCUT2D eigenvalue weighted by atomic mass is 10.2. The van der Waals surface area contributed by atoms with Crippen molar-refractivity contribution in [3.8, 4) is 11.4 Å². The summed E-state index contributed by atoms with van der Waals surface area (Å²) < 4.78 is 23.6. The van der Waals surface area contributed by atoms with E-state index in [0.717, 1.165) is 11.8 Å². The molecule has 0 spiro atoms. The van der Waals surface area contributed by atoms with E-state index in [1.54, 1.807) is 30.3 Å². The Morgan fingerprint density at radius 3 is 2.67 bits per heavy atom. The van der Waals surface area contributed by atoms with E-state index >= 15 is 0 Å². The van der Waals surface area contributed by atoms with Gasteiger partial charge in [-0.3, -0.25) is 0 Å². The maximum atomic E-state index is 11.8. The third-order valence-corrected chi connectivity index (χ3v) is 4.60. The molecule has 5 nitrogen and oxygen atoms in total. The van der Waals surface area contributed by atoms with Gasteiger partial charge in [-0.15, -0.1) is 0 Å². The molecule has 0 aliphatic carbocycles. The van der Waals surface area contributed by atoms with E-state index in [9.17, 15) is 8.42 Å². The molecule has 0 saturated carbocycles. The molecule has 0 amide bonds. The quantitative estimate of drug-likeness (QED) is 0.710. The molecule has 1 aromatic heterocycles. The van der Waals surface area contributed by atoms with Crippen molar-refractivity contribution >= 4 is 38.2 Å². The van der Waals surface area contributed by atoms with Crippen molar-refractivity contribution in [2.24, 2.45) is 0 Å². The Hall–Kier alpha value is -2.05. The molecule has 21 heavy (non-hydrogen) atoms. The van der Waals surface area contributed by atoms with Crippen LogP contribution in [0, 0.1) is 0 Å².